The number of hydrogen-bond donors (Lipinski definition) is 1. The van der Waals surface area contributed by atoms with E-state index in [0.717, 1.165) is 48.0 Å². The van der Waals surface area contributed by atoms with Gasteiger partial charge in [-0.05, 0) is 84.6 Å². The van der Waals surface area contributed by atoms with Crippen LogP contribution in [0, 0.1) is 12.7 Å². The molecule has 0 amide bonds. The van der Waals surface area contributed by atoms with Crippen LogP contribution in [-0.4, -0.2) is 43.2 Å². The summed E-state index contributed by atoms with van der Waals surface area (Å²) in [5, 5.41) is 13.6. The molecule has 1 N–H and O–H groups in total. The number of rotatable bonds is 5. The van der Waals surface area contributed by atoms with E-state index < -0.39 is 0 Å². The fraction of sp³-hybridized carbons (Fsp3) is 0.360. The lowest BCUT2D eigenvalue weighted by molar-refractivity contribution is 0.220. The molecule has 0 spiro atoms. The summed E-state index contributed by atoms with van der Waals surface area (Å²) in [6, 6.07) is 13.9. The summed E-state index contributed by atoms with van der Waals surface area (Å²) in [5.41, 5.74) is 3.35. The zero-order chi connectivity index (χ0) is 22.8. The molecule has 5 rings (SSSR count). The van der Waals surface area contributed by atoms with Crippen LogP contribution in [0.1, 0.15) is 54.2 Å². The van der Waals surface area contributed by atoms with Crippen molar-refractivity contribution in [3.8, 4) is 0 Å². The molecule has 3 heterocycles. The molecule has 1 fully saturated rings. The molecule has 2 aromatic heterocycles. The van der Waals surface area contributed by atoms with Crippen molar-refractivity contribution in [3.63, 3.8) is 0 Å². The van der Waals surface area contributed by atoms with E-state index in [2.05, 4.69) is 31.5 Å². The Bertz CT molecular complexity index is 1300. The van der Waals surface area contributed by atoms with Crippen LogP contribution in [0.25, 0.3) is 10.9 Å². The van der Waals surface area contributed by atoms with Gasteiger partial charge in [-0.15, -0.1) is 5.10 Å². The van der Waals surface area contributed by atoms with Gasteiger partial charge in [-0.25, -0.2) is 9.07 Å². The molecule has 1 saturated heterocycles. The number of halogens is 1. The molecule has 170 valence electrons. The minimum absolute atomic E-state index is 0.128. The van der Waals surface area contributed by atoms with Gasteiger partial charge in [0.1, 0.15) is 11.9 Å². The number of fused-ring (bicyclic) bond motifs is 1. The second kappa shape index (κ2) is 9.23. The van der Waals surface area contributed by atoms with Gasteiger partial charge in [-0.3, -0.25) is 9.69 Å². The second-order valence-corrected chi connectivity index (χ2v) is 8.82. The van der Waals surface area contributed by atoms with E-state index in [1.54, 1.807) is 16.8 Å². The molecule has 2 aromatic carbocycles. The minimum atomic E-state index is -0.368. The average molecular weight is 447 g/mol. The van der Waals surface area contributed by atoms with Gasteiger partial charge >= 0.3 is 0 Å². The molecule has 1 atom stereocenters. The Morgan fingerprint density at radius 1 is 1.03 bits per heavy atom. The fourth-order valence-electron chi connectivity index (χ4n) is 4.68. The lowest BCUT2D eigenvalue weighted by Gasteiger charge is -2.29. The van der Waals surface area contributed by atoms with E-state index in [-0.39, 0.29) is 17.4 Å². The molecule has 4 aromatic rings. The van der Waals surface area contributed by atoms with Crippen LogP contribution in [0.15, 0.2) is 53.3 Å². The second-order valence-electron chi connectivity index (χ2n) is 8.82. The Morgan fingerprint density at radius 2 is 1.79 bits per heavy atom. The minimum Gasteiger partial charge on any atom is -0.322 e. The quantitative estimate of drug-likeness (QED) is 0.502. The first-order valence-corrected chi connectivity index (χ1v) is 11.5. The van der Waals surface area contributed by atoms with E-state index in [9.17, 15) is 9.18 Å². The molecule has 7 nitrogen and oxygen atoms in total. The number of nitrogens with zero attached hydrogens (tertiary/aromatic N) is 5. The molecule has 0 radical (unpaired) electrons. The molecule has 0 saturated carbocycles. The number of aromatic nitrogens is 5. The fourth-order valence-corrected chi connectivity index (χ4v) is 4.68. The van der Waals surface area contributed by atoms with Gasteiger partial charge in [-0.2, -0.15) is 0 Å². The van der Waals surface area contributed by atoms with Crippen LogP contribution < -0.4 is 5.56 Å². The lowest BCUT2D eigenvalue weighted by atomic mass is 10.0. The number of aryl methyl sites for hydroxylation is 1. The van der Waals surface area contributed by atoms with E-state index in [4.69, 9.17) is 0 Å². The van der Waals surface area contributed by atoms with Gasteiger partial charge in [0.25, 0.3) is 5.56 Å². The summed E-state index contributed by atoms with van der Waals surface area (Å²) in [6.45, 7) is 4.19. The predicted octanol–water partition coefficient (Wildman–Crippen LogP) is 3.98. The van der Waals surface area contributed by atoms with Crippen LogP contribution in [0.4, 0.5) is 4.39 Å². The number of hydrogen-bond acceptors (Lipinski definition) is 5. The lowest BCUT2D eigenvalue weighted by Crippen LogP contribution is -2.36. The maximum Gasteiger partial charge on any atom is 0.253 e. The highest BCUT2D eigenvalue weighted by atomic mass is 19.1. The normalized spacial score (nSPS) is 16.1. The molecule has 0 bridgehead atoms. The van der Waals surface area contributed by atoms with Crippen molar-refractivity contribution in [1.29, 1.82) is 0 Å². The maximum absolute atomic E-state index is 13.4. The summed E-state index contributed by atoms with van der Waals surface area (Å²) in [5.74, 6) is 0.342. The first kappa shape index (κ1) is 21.5. The van der Waals surface area contributed by atoms with E-state index in [1.807, 2.05) is 25.1 Å². The van der Waals surface area contributed by atoms with Gasteiger partial charge in [0.05, 0.1) is 6.54 Å². The van der Waals surface area contributed by atoms with Gasteiger partial charge in [-0.1, -0.05) is 36.6 Å². The average Bonchev–Trinajstić information content (AvgIpc) is 3.08. The Balaban J connectivity index is 1.61. The molecule has 1 aliphatic rings. The van der Waals surface area contributed by atoms with Crippen LogP contribution in [0.5, 0.6) is 0 Å². The number of H-pyrrole nitrogens is 1. The van der Waals surface area contributed by atoms with Crippen molar-refractivity contribution in [3.05, 3.63) is 87.2 Å². The summed E-state index contributed by atoms with van der Waals surface area (Å²) in [4.78, 5) is 18.7. The third-order valence-corrected chi connectivity index (χ3v) is 6.38. The summed E-state index contributed by atoms with van der Waals surface area (Å²) < 4.78 is 15.1. The first-order chi connectivity index (χ1) is 16.1. The largest absolute Gasteiger partial charge is 0.322 e. The number of benzene rings is 2. The highest BCUT2D eigenvalue weighted by Crippen LogP contribution is 2.29. The van der Waals surface area contributed by atoms with Crippen molar-refractivity contribution >= 4 is 10.9 Å². The SMILES string of the molecule is Cc1ccc2[nH]c(=O)c(C(c3nnnn3Cc3ccc(F)cc3)N3CCCCCC3)cc2c1. The number of nitrogens with one attached hydrogen (secondary N) is 1. The van der Waals surface area contributed by atoms with E-state index in [0.29, 0.717) is 17.9 Å². The Morgan fingerprint density at radius 3 is 2.55 bits per heavy atom. The smallest absolute Gasteiger partial charge is 0.253 e. The summed E-state index contributed by atoms with van der Waals surface area (Å²) in [6.07, 6.45) is 4.50. The molecule has 1 aliphatic heterocycles. The third kappa shape index (κ3) is 4.57. The zero-order valence-corrected chi connectivity index (χ0v) is 18.7. The van der Waals surface area contributed by atoms with Crippen LogP contribution in [0.3, 0.4) is 0 Å². The van der Waals surface area contributed by atoms with Gasteiger partial charge in [0.15, 0.2) is 5.82 Å². The van der Waals surface area contributed by atoms with Crippen molar-refractivity contribution in [2.75, 3.05) is 13.1 Å². The molecular formula is C25H27FN6O. The summed E-state index contributed by atoms with van der Waals surface area (Å²) in [7, 11) is 0. The van der Waals surface area contributed by atoms with Gasteiger partial charge in [0.2, 0.25) is 0 Å². The first-order valence-electron chi connectivity index (χ1n) is 11.5. The molecule has 8 heteroatoms. The van der Waals surface area contributed by atoms with Gasteiger partial charge in [0, 0.05) is 11.1 Å². The standard InChI is InChI=1S/C25H27FN6O/c1-17-6-11-22-19(14-17)15-21(25(33)27-22)23(31-12-4-2-3-5-13-31)24-28-29-30-32(24)16-18-7-9-20(26)10-8-18/h6-11,14-15,23H,2-5,12-13,16H2,1H3,(H,27,33). The summed E-state index contributed by atoms with van der Waals surface area (Å²) >= 11 is 0. The predicted molar refractivity (Wildman–Crippen MR) is 125 cm³/mol. The van der Waals surface area contributed by atoms with E-state index >= 15 is 0 Å². The number of pyridine rings is 1. The van der Waals surface area contributed by atoms with Crippen LogP contribution >= 0.6 is 0 Å². The molecule has 33 heavy (non-hydrogen) atoms. The van der Waals surface area contributed by atoms with Crippen molar-refractivity contribution in [1.82, 2.24) is 30.1 Å². The van der Waals surface area contributed by atoms with Gasteiger partial charge < -0.3 is 4.98 Å². The Kier molecular flexibility index (Phi) is 6.00. The number of tetrazole rings is 1. The van der Waals surface area contributed by atoms with E-state index in [1.165, 1.54) is 25.0 Å². The third-order valence-electron chi connectivity index (χ3n) is 6.38. The Labute approximate surface area is 191 Å². The highest BCUT2D eigenvalue weighted by Gasteiger charge is 2.30. The topological polar surface area (TPSA) is 79.7 Å². The molecule has 1 unspecified atom stereocenters. The van der Waals surface area contributed by atoms with Crippen molar-refractivity contribution in [2.45, 2.75) is 45.2 Å². The van der Waals surface area contributed by atoms with Crippen LogP contribution in [0.2, 0.25) is 0 Å². The van der Waals surface area contributed by atoms with Crippen LogP contribution in [-0.2, 0) is 6.54 Å². The van der Waals surface area contributed by atoms with Crippen molar-refractivity contribution < 1.29 is 4.39 Å². The molecule has 0 aliphatic carbocycles. The zero-order valence-electron chi connectivity index (χ0n) is 18.7. The molecular weight excluding hydrogens is 419 g/mol. The number of aromatic amines is 1. The number of likely N-dealkylation sites (tertiary alicyclic amines) is 1. The monoisotopic (exact) mass is 446 g/mol. The highest BCUT2D eigenvalue weighted by molar-refractivity contribution is 5.79. The maximum atomic E-state index is 13.4. The Hall–Kier alpha value is -3.39. The van der Waals surface area contributed by atoms with Crippen molar-refractivity contribution in [2.24, 2.45) is 0 Å².